The van der Waals surface area contributed by atoms with Crippen molar-refractivity contribution in [2.24, 2.45) is 0 Å². The van der Waals surface area contributed by atoms with Gasteiger partial charge in [-0.1, -0.05) is 17.7 Å². The molecular formula is C14H19BClNO4. The molecule has 0 spiro atoms. The maximum Gasteiger partial charge on any atom is 0.501 e. The standard InChI is InChI=1S/C14H19BClNO4/c1-8-7-10(12(17(18)19)9(2)11(8)16)15-20-13(3,4)14(5,6)21-15/h7H,1-6H3. The fourth-order valence-electron chi connectivity index (χ4n) is 2.37. The van der Waals surface area contributed by atoms with Gasteiger partial charge in [0.15, 0.2) is 0 Å². The molecule has 1 fully saturated rings. The number of halogens is 1. The highest BCUT2D eigenvalue weighted by Gasteiger charge is 2.53. The van der Waals surface area contributed by atoms with E-state index in [4.69, 9.17) is 20.9 Å². The Hall–Kier alpha value is -1.11. The summed E-state index contributed by atoms with van der Waals surface area (Å²) in [5.74, 6) is 0. The molecule has 1 aromatic carbocycles. The molecule has 114 valence electrons. The smallest absolute Gasteiger partial charge is 0.399 e. The quantitative estimate of drug-likeness (QED) is 0.478. The normalized spacial score (nSPS) is 19.9. The highest BCUT2D eigenvalue weighted by Crippen LogP contribution is 2.38. The average Bonchev–Trinajstić information content (AvgIpc) is 2.54. The van der Waals surface area contributed by atoms with E-state index in [1.54, 1.807) is 13.0 Å². The fraction of sp³-hybridized carbons (Fsp3) is 0.571. The van der Waals surface area contributed by atoms with Crippen LogP contribution in [0.15, 0.2) is 6.07 Å². The highest BCUT2D eigenvalue weighted by molar-refractivity contribution is 6.64. The Labute approximate surface area is 129 Å². The van der Waals surface area contributed by atoms with Gasteiger partial charge in [-0.25, -0.2) is 0 Å². The zero-order chi connectivity index (χ0) is 16.2. The Balaban J connectivity index is 2.58. The van der Waals surface area contributed by atoms with Crippen LogP contribution in [-0.2, 0) is 9.31 Å². The molecule has 1 heterocycles. The fourth-order valence-corrected chi connectivity index (χ4v) is 2.52. The van der Waals surface area contributed by atoms with Gasteiger partial charge in [-0.05, 0) is 47.1 Å². The molecule has 0 bridgehead atoms. The van der Waals surface area contributed by atoms with Crippen molar-refractivity contribution in [3.05, 3.63) is 32.3 Å². The van der Waals surface area contributed by atoms with Gasteiger partial charge in [-0.15, -0.1) is 0 Å². The summed E-state index contributed by atoms with van der Waals surface area (Å²) < 4.78 is 11.8. The summed E-state index contributed by atoms with van der Waals surface area (Å²) in [6, 6.07) is 1.68. The SMILES string of the molecule is Cc1cc(B2OC(C)(C)C(C)(C)O2)c([N+](=O)[O-])c(C)c1Cl. The molecule has 5 nitrogen and oxygen atoms in total. The van der Waals surface area contributed by atoms with Crippen molar-refractivity contribution in [3.8, 4) is 0 Å². The Kier molecular flexibility index (Phi) is 3.85. The van der Waals surface area contributed by atoms with Crippen LogP contribution < -0.4 is 5.46 Å². The average molecular weight is 312 g/mol. The van der Waals surface area contributed by atoms with E-state index in [0.717, 1.165) is 5.56 Å². The van der Waals surface area contributed by atoms with Gasteiger partial charge >= 0.3 is 7.12 Å². The summed E-state index contributed by atoms with van der Waals surface area (Å²) >= 11 is 6.13. The molecule has 2 rings (SSSR count). The first-order chi connectivity index (χ1) is 9.48. The van der Waals surface area contributed by atoms with E-state index in [9.17, 15) is 10.1 Å². The third kappa shape index (κ3) is 2.56. The largest absolute Gasteiger partial charge is 0.501 e. The Morgan fingerprint density at radius 2 is 1.67 bits per heavy atom. The number of rotatable bonds is 2. The van der Waals surface area contributed by atoms with Gasteiger partial charge in [0.1, 0.15) is 0 Å². The molecule has 0 aliphatic carbocycles. The molecular weight excluding hydrogens is 292 g/mol. The third-order valence-corrected chi connectivity index (χ3v) is 4.95. The molecule has 0 aromatic heterocycles. The zero-order valence-electron chi connectivity index (χ0n) is 13.1. The van der Waals surface area contributed by atoms with E-state index in [0.29, 0.717) is 16.0 Å². The van der Waals surface area contributed by atoms with Gasteiger partial charge < -0.3 is 9.31 Å². The lowest BCUT2D eigenvalue weighted by atomic mass is 9.76. The van der Waals surface area contributed by atoms with Crippen LogP contribution >= 0.6 is 11.6 Å². The first kappa shape index (κ1) is 16.3. The van der Waals surface area contributed by atoms with Gasteiger partial charge in [0.25, 0.3) is 5.69 Å². The van der Waals surface area contributed by atoms with Crippen molar-refractivity contribution in [2.75, 3.05) is 0 Å². The van der Waals surface area contributed by atoms with Crippen molar-refractivity contribution in [2.45, 2.75) is 52.7 Å². The van der Waals surface area contributed by atoms with Gasteiger partial charge in [-0.2, -0.15) is 0 Å². The molecule has 0 saturated carbocycles. The lowest BCUT2D eigenvalue weighted by Gasteiger charge is -2.32. The molecule has 1 aliphatic rings. The number of nitro groups is 1. The molecule has 0 N–H and O–H groups in total. The van der Waals surface area contributed by atoms with Gasteiger partial charge in [0, 0.05) is 5.56 Å². The Bertz CT molecular complexity index is 599. The minimum Gasteiger partial charge on any atom is -0.399 e. The molecule has 1 aromatic rings. The zero-order valence-corrected chi connectivity index (χ0v) is 13.9. The summed E-state index contributed by atoms with van der Waals surface area (Å²) in [5.41, 5.74) is 0.484. The van der Waals surface area contributed by atoms with Crippen molar-refractivity contribution >= 4 is 29.9 Å². The van der Waals surface area contributed by atoms with Gasteiger partial charge in [0.05, 0.1) is 26.6 Å². The topological polar surface area (TPSA) is 61.6 Å². The van der Waals surface area contributed by atoms with E-state index in [1.807, 2.05) is 34.6 Å². The van der Waals surface area contributed by atoms with E-state index in [-0.39, 0.29) is 5.69 Å². The summed E-state index contributed by atoms with van der Waals surface area (Å²) in [4.78, 5) is 11.0. The van der Waals surface area contributed by atoms with Crippen LogP contribution in [0, 0.1) is 24.0 Å². The Morgan fingerprint density at radius 1 is 1.19 bits per heavy atom. The highest BCUT2D eigenvalue weighted by atomic mass is 35.5. The van der Waals surface area contributed by atoms with E-state index >= 15 is 0 Å². The second-order valence-electron chi connectivity index (χ2n) is 6.42. The number of nitro benzene ring substituents is 1. The monoisotopic (exact) mass is 311 g/mol. The lowest BCUT2D eigenvalue weighted by molar-refractivity contribution is -0.384. The van der Waals surface area contributed by atoms with Gasteiger partial charge in [0.2, 0.25) is 0 Å². The molecule has 7 heteroatoms. The number of benzene rings is 1. The molecule has 0 atom stereocenters. The van der Waals surface area contributed by atoms with E-state index < -0.39 is 23.2 Å². The summed E-state index contributed by atoms with van der Waals surface area (Å²) in [5, 5.41) is 11.8. The number of hydrogen-bond donors (Lipinski definition) is 0. The predicted molar refractivity (Wildman–Crippen MR) is 83.3 cm³/mol. The first-order valence-electron chi connectivity index (χ1n) is 6.77. The third-order valence-electron chi connectivity index (χ3n) is 4.37. The van der Waals surface area contributed by atoms with Crippen LogP contribution in [0.3, 0.4) is 0 Å². The predicted octanol–water partition coefficient (Wildman–Crippen LogP) is 3.16. The first-order valence-corrected chi connectivity index (χ1v) is 7.15. The molecule has 1 saturated heterocycles. The minimum absolute atomic E-state index is 0.0379. The van der Waals surface area contributed by atoms with Crippen LogP contribution in [0.4, 0.5) is 5.69 Å². The second kappa shape index (κ2) is 4.97. The van der Waals surface area contributed by atoms with Crippen LogP contribution in [-0.4, -0.2) is 23.2 Å². The van der Waals surface area contributed by atoms with Crippen molar-refractivity contribution in [1.82, 2.24) is 0 Å². The molecule has 21 heavy (non-hydrogen) atoms. The van der Waals surface area contributed by atoms with E-state index in [1.165, 1.54) is 0 Å². The summed E-state index contributed by atoms with van der Waals surface area (Å²) in [6.45, 7) is 11.1. The van der Waals surface area contributed by atoms with Crippen LogP contribution in [0.25, 0.3) is 0 Å². The minimum atomic E-state index is -0.773. The van der Waals surface area contributed by atoms with Crippen LogP contribution in [0.1, 0.15) is 38.8 Å². The molecule has 0 amide bonds. The lowest BCUT2D eigenvalue weighted by Crippen LogP contribution is -2.41. The van der Waals surface area contributed by atoms with E-state index in [2.05, 4.69) is 0 Å². The molecule has 0 radical (unpaired) electrons. The molecule has 0 unspecified atom stereocenters. The van der Waals surface area contributed by atoms with Crippen molar-refractivity contribution in [1.29, 1.82) is 0 Å². The van der Waals surface area contributed by atoms with Crippen LogP contribution in [0.5, 0.6) is 0 Å². The number of aryl methyl sites for hydroxylation is 1. The van der Waals surface area contributed by atoms with Gasteiger partial charge in [-0.3, -0.25) is 10.1 Å². The van der Waals surface area contributed by atoms with Crippen molar-refractivity contribution in [3.63, 3.8) is 0 Å². The number of nitrogens with zero attached hydrogens (tertiary/aromatic N) is 1. The molecule has 1 aliphatic heterocycles. The van der Waals surface area contributed by atoms with Crippen molar-refractivity contribution < 1.29 is 14.2 Å². The van der Waals surface area contributed by atoms with Crippen LogP contribution in [0.2, 0.25) is 5.02 Å². The maximum atomic E-state index is 11.4. The maximum absolute atomic E-state index is 11.4. The second-order valence-corrected chi connectivity index (χ2v) is 6.79. The Morgan fingerprint density at radius 3 is 2.10 bits per heavy atom. The summed E-state index contributed by atoms with van der Waals surface area (Å²) in [7, 11) is -0.773. The summed E-state index contributed by atoms with van der Waals surface area (Å²) in [6.07, 6.45) is 0. The number of hydrogen-bond acceptors (Lipinski definition) is 4.